The van der Waals surface area contributed by atoms with E-state index >= 15 is 0 Å². The topological polar surface area (TPSA) is 51.0 Å². The van der Waals surface area contributed by atoms with E-state index < -0.39 is 0 Å². The van der Waals surface area contributed by atoms with Crippen molar-refractivity contribution in [2.24, 2.45) is 0 Å². The first-order chi connectivity index (χ1) is 8.22. The predicted octanol–water partition coefficient (Wildman–Crippen LogP) is 2.48. The summed E-state index contributed by atoms with van der Waals surface area (Å²) in [6.07, 6.45) is 3.60. The molecule has 96 valence electrons. The molecule has 0 saturated heterocycles. The lowest BCUT2D eigenvalue weighted by Crippen LogP contribution is -2.35. The second-order valence-corrected chi connectivity index (χ2v) is 4.85. The van der Waals surface area contributed by atoms with Crippen LogP contribution in [-0.4, -0.2) is 44.5 Å². The van der Waals surface area contributed by atoms with Crippen LogP contribution in [-0.2, 0) is 0 Å². The lowest BCUT2D eigenvalue weighted by Gasteiger charge is -2.19. The summed E-state index contributed by atoms with van der Waals surface area (Å²) in [5.74, 6) is 0.908. The number of carbonyl (C=O) groups excluding carboxylic acids is 1. The molecule has 0 radical (unpaired) electrons. The van der Waals surface area contributed by atoms with E-state index in [9.17, 15) is 4.79 Å². The van der Waals surface area contributed by atoms with Crippen LogP contribution < -0.4 is 0 Å². The van der Waals surface area contributed by atoms with Crippen molar-refractivity contribution >= 4 is 17.8 Å². The Morgan fingerprint density at radius 1 is 1.47 bits per heavy atom. The summed E-state index contributed by atoms with van der Waals surface area (Å²) < 4.78 is 1.33. The number of aromatic nitrogens is 3. The highest BCUT2D eigenvalue weighted by Gasteiger charge is 2.15. The molecule has 1 heterocycles. The van der Waals surface area contributed by atoms with Gasteiger partial charge in [-0.05, 0) is 19.1 Å². The molecule has 0 aromatic carbocycles. The molecule has 0 atom stereocenters. The molecule has 0 spiro atoms. The maximum Gasteiger partial charge on any atom is 0.346 e. The molecule has 0 fully saturated rings. The molecule has 1 rings (SSSR count). The third kappa shape index (κ3) is 4.03. The van der Waals surface area contributed by atoms with Crippen molar-refractivity contribution in [2.75, 3.05) is 18.8 Å². The van der Waals surface area contributed by atoms with Crippen LogP contribution in [0.3, 0.4) is 0 Å². The second kappa shape index (κ2) is 7.32. The van der Waals surface area contributed by atoms with Crippen LogP contribution in [0.1, 0.15) is 33.6 Å². The minimum Gasteiger partial charge on any atom is -0.323 e. The van der Waals surface area contributed by atoms with Gasteiger partial charge in [0.15, 0.2) is 0 Å². The first kappa shape index (κ1) is 14.0. The van der Waals surface area contributed by atoms with Gasteiger partial charge in [-0.2, -0.15) is 4.68 Å². The number of unbranched alkanes of at least 4 members (excludes halogenated alkanes) is 1. The molecule has 0 aliphatic carbocycles. The molecule has 0 unspecified atom stereocenters. The fourth-order valence-corrected chi connectivity index (χ4v) is 1.94. The van der Waals surface area contributed by atoms with E-state index in [-0.39, 0.29) is 6.03 Å². The number of rotatable bonds is 6. The van der Waals surface area contributed by atoms with Crippen LogP contribution >= 0.6 is 11.8 Å². The third-order valence-electron chi connectivity index (χ3n) is 2.37. The van der Waals surface area contributed by atoms with E-state index in [1.54, 1.807) is 4.90 Å². The van der Waals surface area contributed by atoms with Crippen LogP contribution in [0.2, 0.25) is 0 Å². The molecule has 0 N–H and O–H groups in total. The van der Waals surface area contributed by atoms with Crippen LogP contribution in [0.25, 0.3) is 0 Å². The van der Waals surface area contributed by atoms with Crippen molar-refractivity contribution in [3.8, 4) is 0 Å². The number of carbonyl (C=O) groups is 1. The van der Waals surface area contributed by atoms with Gasteiger partial charge in [0.05, 0.1) is 0 Å². The zero-order valence-corrected chi connectivity index (χ0v) is 11.5. The van der Waals surface area contributed by atoms with E-state index in [4.69, 9.17) is 0 Å². The SMILES string of the molecule is CCCCN(CC)C(=O)n1cnc(SCC)n1. The van der Waals surface area contributed by atoms with E-state index in [2.05, 4.69) is 17.0 Å². The molecule has 1 aromatic rings. The van der Waals surface area contributed by atoms with Gasteiger partial charge in [-0.15, -0.1) is 5.10 Å². The number of hydrogen-bond acceptors (Lipinski definition) is 4. The van der Waals surface area contributed by atoms with Crippen molar-refractivity contribution < 1.29 is 4.79 Å². The Morgan fingerprint density at radius 2 is 2.24 bits per heavy atom. The van der Waals surface area contributed by atoms with E-state index in [0.717, 1.165) is 25.1 Å². The smallest absolute Gasteiger partial charge is 0.323 e. The van der Waals surface area contributed by atoms with Crippen molar-refractivity contribution in [2.45, 2.75) is 38.8 Å². The van der Waals surface area contributed by atoms with E-state index in [1.165, 1.54) is 22.8 Å². The minimum absolute atomic E-state index is 0.0867. The standard InChI is InChI=1S/C11H20N4OS/c1-4-7-8-14(5-2)11(16)15-9-12-10(13-15)17-6-3/h9H,4-8H2,1-3H3. The Kier molecular flexibility index (Phi) is 6.04. The van der Waals surface area contributed by atoms with E-state index in [1.807, 2.05) is 13.8 Å². The number of thioether (sulfide) groups is 1. The monoisotopic (exact) mass is 256 g/mol. The highest BCUT2D eigenvalue weighted by molar-refractivity contribution is 7.99. The molecule has 0 bridgehead atoms. The average molecular weight is 256 g/mol. The molecule has 17 heavy (non-hydrogen) atoms. The normalized spacial score (nSPS) is 10.5. The van der Waals surface area contributed by atoms with Gasteiger partial charge in [-0.1, -0.05) is 32.0 Å². The average Bonchev–Trinajstić information content (AvgIpc) is 2.79. The Bertz CT molecular complexity index is 353. The predicted molar refractivity (Wildman–Crippen MR) is 69.4 cm³/mol. The maximum absolute atomic E-state index is 12.1. The highest BCUT2D eigenvalue weighted by Crippen LogP contribution is 2.10. The fourth-order valence-electron chi connectivity index (χ4n) is 1.42. The van der Waals surface area contributed by atoms with E-state index in [0.29, 0.717) is 11.7 Å². The Morgan fingerprint density at radius 3 is 2.82 bits per heavy atom. The summed E-state index contributed by atoms with van der Waals surface area (Å²) in [5, 5.41) is 4.81. The van der Waals surface area contributed by atoms with Crippen LogP contribution in [0.5, 0.6) is 0 Å². The van der Waals surface area contributed by atoms with Crippen molar-refractivity contribution in [1.82, 2.24) is 19.7 Å². The molecule has 5 nitrogen and oxygen atoms in total. The van der Waals surface area contributed by atoms with Gasteiger partial charge in [-0.3, -0.25) is 0 Å². The summed E-state index contributed by atoms with van der Waals surface area (Å²) in [7, 11) is 0. The van der Waals surface area contributed by atoms with Gasteiger partial charge in [-0.25, -0.2) is 9.78 Å². The van der Waals surface area contributed by atoms with Crippen molar-refractivity contribution in [1.29, 1.82) is 0 Å². The zero-order valence-electron chi connectivity index (χ0n) is 10.7. The Balaban J connectivity index is 2.65. The molecule has 1 aromatic heterocycles. The maximum atomic E-state index is 12.1. The number of nitrogens with zero attached hydrogens (tertiary/aromatic N) is 4. The van der Waals surface area contributed by atoms with Gasteiger partial charge in [0.25, 0.3) is 0 Å². The van der Waals surface area contributed by atoms with Crippen LogP contribution in [0, 0.1) is 0 Å². The molecule has 0 aliphatic rings. The van der Waals surface area contributed by atoms with Crippen molar-refractivity contribution in [3.63, 3.8) is 0 Å². The van der Waals surface area contributed by atoms with Crippen molar-refractivity contribution in [3.05, 3.63) is 6.33 Å². The largest absolute Gasteiger partial charge is 0.346 e. The molecule has 1 amide bonds. The summed E-state index contributed by atoms with van der Waals surface area (Å²) in [4.78, 5) is 18.0. The quantitative estimate of drug-likeness (QED) is 0.734. The first-order valence-electron chi connectivity index (χ1n) is 6.06. The van der Waals surface area contributed by atoms with Gasteiger partial charge < -0.3 is 4.90 Å². The van der Waals surface area contributed by atoms with Gasteiger partial charge in [0.1, 0.15) is 6.33 Å². The fraction of sp³-hybridized carbons (Fsp3) is 0.727. The summed E-state index contributed by atoms with van der Waals surface area (Å²) >= 11 is 1.54. The van der Waals surface area contributed by atoms with Crippen LogP contribution in [0.4, 0.5) is 4.79 Å². The Labute approximate surface area is 107 Å². The second-order valence-electron chi connectivity index (χ2n) is 3.62. The van der Waals surface area contributed by atoms with Gasteiger partial charge >= 0.3 is 6.03 Å². The minimum atomic E-state index is -0.0867. The molecular weight excluding hydrogens is 236 g/mol. The molecule has 6 heteroatoms. The zero-order chi connectivity index (χ0) is 12.7. The highest BCUT2D eigenvalue weighted by atomic mass is 32.2. The summed E-state index contributed by atoms with van der Waals surface area (Å²) in [6.45, 7) is 7.61. The van der Waals surface area contributed by atoms with Gasteiger partial charge in [0, 0.05) is 13.1 Å². The lowest BCUT2D eigenvalue weighted by molar-refractivity contribution is 0.198. The van der Waals surface area contributed by atoms with Crippen LogP contribution in [0.15, 0.2) is 11.5 Å². The number of amides is 1. The third-order valence-corrected chi connectivity index (χ3v) is 3.11. The van der Waals surface area contributed by atoms with Gasteiger partial charge in [0.2, 0.25) is 5.16 Å². The molecule has 0 aliphatic heterocycles. The first-order valence-corrected chi connectivity index (χ1v) is 7.05. The summed E-state index contributed by atoms with van der Waals surface area (Å²) in [5.41, 5.74) is 0. The number of hydrogen-bond donors (Lipinski definition) is 0. The Hall–Kier alpha value is -1.04. The molecular formula is C11H20N4OS. The summed E-state index contributed by atoms with van der Waals surface area (Å²) in [6, 6.07) is -0.0867. The lowest BCUT2D eigenvalue weighted by atomic mass is 10.3. The molecule has 0 saturated carbocycles.